The number of amides is 2. The molecule has 0 radical (unpaired) electrons. The van der Waals surface area contributed by atoms with Crippen LogP contribution < -0.4 is 9.64 Å². The summed E-state index contributed by atoms with van der Waals surface area (Å²) in [7, 11) is 1.41. The van der Waals surface area contributed by atoms with E-state index in [0.29, 0.717) is 24.1 Å². The number of benzene rings is 2. The molecule has 2 amide bonds. The van der Waals surface area contributed by atoms with Crippen LogP contribution in [-0.2, 0) is 11.2 Å². The van der Waals surface area contributed by atoms with Crippen molar-refractivity contribution in [3.8, 4) is 11.5 Å². The van der Waals surface area contributed by atoms with Gasteiger partial charge in [-0.1, -0.05) is 18.2 Å². The minimum atomic E-state index is -0.421. The number of nitrogens with zero attached hydrogens (tertiary/aromatic N) is 1. The topological polar surface area (TPSA) is 66.8 Å². The molecule has 3 rings (SSSR count). The van der Waals surface area contributed by atoms with Gasteiger partial charge in [0.15, 0.2) is 11.5 Å². The quantitative estimate of drug-likeness (QED) is 0.865. The second-order valence-corrected chi connectivity index (χ2v) is 5.05. The summed E-state index contributed by atoms with van der Waals surface area (Å²) in [6.45, 7) is 0. The molecule has 2 aromatic carbocycles. The standard InChI is InChI=1S/C17H15NO4/c1-22-15-10-12(6-8-14(15)19)17(21)18-13-5-3-2-4-11(13)7-9-16(18)20/h2-6,8,10,19H,7,9H2,1H3. The van der Waals surface area contributed by atoms with Crippen LogP contribution in [0.25, 0.3) is 0 Å². The number of anilines is 1. The van der Waals surface area contributed by atoms with E-state index in [1.165, 1.54) is 30.2 Å². The number of rotatable bonds is 2. The lowest BCUT2D eigenvalue weighted by Crippen LogP contribution is -2.40. The first-order chi connectivity index (χ1) is 10.6. The SMILES string of the molecule is COc1cc(C(=O)N2C(=O)CCc3ccccc32)ccc1O. The number of hydrogen-bond acceptors (Lipinski definition) is 4. The van der Waals surface area contributed by atoms with Crippen molar-refractivity contribution >= 4 is 17.5 Å². The Morgan fingerprint density at radius 2 is 1.95 bits per heavy atom. The van der Waals surface area contributed by atoms with E-state index in [0.717, 1.165) is 5.56 Å². The van der Waals surface area contributed by atoms with Gasteiger partial charge in [-0.05, 0) is 36.2 Å². The lowest BCUT2D eigenvalue weighted by molar-refractivity contribution is -0.118. The highest BCUT2D eigenvalue weighted by Gasteiger charge is 2.30. The van der Waals surface area contributed by atoms with E-state index >= 15 is 0 Å². The number of methoxy groups -OCH3 is 1. The van der Waals surface area contributed by atoms with Crippen molar-refractivity contribution < 1.29 is 19.4 Å². The molecule has 0 bridgehead atoms. The van der Waals surface area contributed by atoms with E-state index in [2.05, 4.69) is 0 Å². The summed E-state index contributed by atoms with van der Waals surface area (Å²) in [4.78, 5) is 26.1. The van der Waals surface area contributed by atoms with Gasteiger partial charge < -0.3 is 9.84 Å². The number of fused-ring (bicyclic) bond motifs is 1. The molecule has 0 atom stereocenters. The summed E-state index contributed by atoms with van der Waals surface area (Å²) in [5.74, 6) is -0.501. The van der Waals surface area contributed by atoms with E-state index in [1.54, 1.807) is 12.1 Å². The van der Waals surface area contributed by atoms with Crippen molar-refractivity contribution in [2.45, 2.75) is 12.8 Å². The van der Waals surface area contributed by atoms with Crippen LogP contribution in [-0.4, -0.2) is 24.0 Å². The number of carbonyl (C=O) groups is 2. The number of aromatic hydroxyl groups is 1. The second kappa shape index (κ2) is 5.52. The van der Waals surface area contributed by atoms with Crippen LogP contribution in [0.15, 0.2) is 42.5 Å². The molecule has 0 aromatic heterocycles. The average molecular weight is 297 g/mol. The fraction of sp³-hybridized carbons (Fsp3) is 0.176. The van der Waals surface area contributed by atoms with Crippen molar-refractivity contribution in [1.29, 1.82) is 0 Å². The fourth-order valence-electron chi connectivity index (χ4n) is 2.59. The largest absolute Gasteiger partial charge is 0.504 e. The first kappa shape index (κ1) is 14.1. The molecule has 1 N–H and O–H groups in total. The van der Waals surface area contributed by atoms with Crippen molar-refractivity contribution in [2.75, 3.05) is 12.0 Å². The molecule has 112 valence electrons. The summed E-state index contributed by atoms with van der Waals surface area (Å²) < 4.78 is 5.01. The molecule has 0 saturated carbocycles. The predicted molar refractivity (Wildman–Crippen MR) is 81.2 cm³/mol. The van der Waals surface area contributed by atoms with Gasteiger partial charge in [-0.25, -0.2) is 4.90 Å². The van der Waals surface area contributed by atoms with Gasteiger partial charge in [-0.3, -0.25) is 9.59 Å². The van der Waals surface area contributed by atoms with Crippen molar-refractivity contribution in [2.24, 2.45) is 0 Å². The van der Waals surface area contributed by atoms with E-state index in [-0.39, 0.29) is 17.4 Å². The number of carbonyl (C=O) groups excluding carboxylic acids is 2. The van der Waals surface area contributed by atoms with Gasteiger partial charge in [-0.2, -0.15) is 0 Å². The molecular formula is C17H15NO4. The van der Waals surface area contributed by atoms with Gasteiger partial charge in [0.05, 0.1) is 12.8 Å². The first-order valence-electron chi connectivity index (χ1n) is 6.94. The van der Waals surface area contributed by atoms with Crippen molar-refractivity contribution in [3.05, 3.63) is 53.6 Å². The number of hydrogen-bond donors (Lipinski definition) is 1. The Labute approximate surface area is 127 Å². The Bertz CT molecular complexity index is 754. The number of imide groups is 1. The summed E-state index contributed by atoms with van der Waals surface area (Å²) in [5, 5.41) is 9.62. The Balaban J connectivity index is 2.03. The molecule has 5 heteroatoms. The maximum atomic E-state index is 12.7. The van der Waals surface area contributed by atoms with Crippen LogP contribution in [0.4, 0.5) is 5.69 Å². The molecular weight excluding hydrogens is 282 g/mol. The number of phenols is 1. The Morgan fingerprint density at radius 3 is 2.73 bits per heavy atom. The van der Waals surface area contributed by atoms with Gasteiger partial charge in [0.1, 0.15) is 0 Å². The minimum Gasteiger partial charge on any atom is -0.504 e. The summed E-state index contributed by atoms with van der Waals surface area (Å²) in [6, 6.07) is 11.7. The normalized spacial score (nSPS) is 13.7. The first-order valence-corrected chi connectivity index (χ1v) is 6.94. The predicted octanol–water partition coefficient (Wildman–Crippen LogP) is 2.52. The minimum absolute atomic E-state index is 0.0515. The lowest BCUT2D eigenvalue weighted by Gasteiger charge is -2.27. The lowest BCUT2D eigenvalue weighted by atomic mass is 10.00. The second-order valence-electron chi connectivity index (χ2n) is 5.05. The van der Waals surface area contributed by atoms with Gasteiger partial charge in [-0.15, -0.1) is 0 Å². The third kappa shape index (κ3) is 2.30. The molecule has 1 aliphatic rings. The van der Waals surface area contributed by atoms with Crippen LogP contribution in [0.2, 0.25) is 0 Å². The molecule has 0 fully saturated rings. The molecule has 0 spiro atoms. The molecule has 1 aliphatic heterocycles. The van der Waals surface area contributed by atoms with Gasteiger partial charge in [0, 0.05) is 12.0 Å². The third-order valence-corrected chi connectivity index (χ3v) is 3.72. The molecule has 0 aliphatic carbocycles. The maximum absolute atomic E-state index is 12.7. The Hall–Kier alpha value is -2.82. The zero-order valence-electron chi connectivity index (χ0n) is 12.1. The molecule has 0 saturated heterocycles. The highest BCUT2D eigenvalue weighted by molar-refractivity contribution is 6.22. The highest BCUT2D eigenvalue weighted by atomic mass is 16.5. The van der Waals surface area contributed by atoms with Crippen LogP contribution in [0, 0.1) is 0 Å². The number of para-hydroxylation sites is 1. The molecule has 2 aromatic rings. The maximum Gasteiger partial charge on any atom is 0.265 e. The summed E-state index contributed by atoms with van der Waals surface area (Å²) in [5.41, 5.74) is 1.89. The van der Waals surface area contributed by atoms with E-state index in [4.69, 9.17) is 4.74 Å². The zero-order valence-corrected chi connectivity index (χ0v) is 12.1. The molecule has 22 heavy (non-hydrogen) atoms. The Kier molecular flexibility index (Phi) is 3.55. The Morgan fingerprint density at radius 1 is 1.18 bits per heavy atom. The summed E-state index contributed by atoms with van der Waals surface area (Å²) in [6.07, 6.45) is 0.940. The smallest absolute Gasteiger partial charge is 0.265 e. The van der Waals surface area contributed by atoms with E-state index in [1.807, 2.05) is 12.1 Å². The number of ether oxygens (including phenoxy) is 1. The van der Waals surface area contributed by atoms with Gasteiger partial charge in [0.2, 0.25) is 5.91 Å². The van der Waals surface area contributed by atoms with Crippen molar-refractivity contribution in [3.63, 3.8) is 0 Å². The molecule has 1 heterocycles. The fourth-order valence-corrected chi connectivity index (χ4v) is 2.59. The zero-order chi connectivity index (χ0) is 15.7. The summed E-state index contributed by atoms with van der Waals surface area (Å²) >= 11 is 0. The number of aryl methyl sites for hydroxylation is 1. The average Bonchev–Trinajstić information content (AvgIpc) is 2.54. The van der Waals surface area contributed by atoms with Crippen LogP contribution >= 0.6 is 0 Å². The van der Waals surface area contributed by atoms with Gasteiger partial charge in [0.25, 0.3) is 5.91 Å². The van der Waals surface area contributed by atoms with Gasteiger partial charge >= 0.3 is 0 Å². The number of phenolic OH excluding ortho intramolecular Hbond substituents is 1. The molecule has 5 nitrogen and oxygen atoms in total. The van der Waals surface area contributed by atoms with E-state index < -0.39 is 5.91 Å². The highest BCUT2D eigenvalue weighted by Crippen LogP contribution is 2.31. The monoisotopic (exact) mass is 297 g/mol. The third-order valence-electron chi connectivity index (χ3n) is 3.72. The molecule has 0 unspecified atom stereocenters. The van der Waals surface area contributed by atoms with Crippen LogP contribution in [0.1, 0.15) is 22.3 Å². The van der Waals surface area contributed by atoms with E-state index in [9.17, 15) is 14.7 Å². The van der Waals surface area contributed by atoms with Crippen LogP contribution in [0.3, 0.4) is 0 Å². The van der Waals surface area contributed by atoms with Crippen molar-refractivity contribution in [1.82, 2.24) is 0 Å². The van der Waals surface area contributed by atoms with Crippen LogP contribution in [0.5, 0.6) is 11.5 Å².